The summed E-state index contributed by atoms with van der Waals surface area (Å²) in [5, 5.41) is 11.6. The number of hydrogen-bond acceptors (Lipinski definition) is 3. The first kappa shape index (κ1) is 13.3. The van der Waals surface area contributed by atoms with Gasteiger partial charge in [0.15, 0.2) is 0 Å². The molecule has 5 nitrogen and oxygen atoms in total. The molecule has 2 amide bonds. The van der Waals surface area contributed by atoms with Gasteiger partial charge in [-0.2, -0.15) is 0 Å². The van der Waals surface area contributed by atoms with Crippen molar-refractivity contribution in [2.24, 2.45) is 5.92 Å². The largest absolute Gasteiger partial charge is 0.394 e. The average Bonchev–Trinajstić information content (AvgIpc) is 3.10. The summed E-state index contributed by atoms with van der Waals surface area (Å²) in [7, 11) is 1.67. The van der Waals surface area contributed by atoms with E-state index in [1.165, 1.54) is 17.7 Å². The Hall–Kier alpha value is -0.810. The van der Waals surface area contributed by atoms with Gasteiger partial charge in [-0.3, -0.25) is 0 Å². The Bertz CT molecular complexity index is 219. The molecular formula is C11H22N2O3. The third-order valence-electron chi connectivity index (χ3n) is 2.82. The van der Waals surface area contributed by atoms with E-state index in [0.29, 0.717) is 13.2 Å². The zero-order valence-electron chi connectivity index (χ0n) is 10.1. The van der Waals surface area contributed by atoms with Crippen LogP contribution in [0, 0.1) is 5.92 Å². The number of carbonyl (C=O) groups is 1. The van der Waals surface area contributed by atoms with Gasteiger partial charge >= 0.3 is 6.03 Å². The highest BCUT2D eigenvalue weighted by molar-refractivity contribution is 5.74. The number of hydrogen-bond donors (Lipinski definition) is 2. The maximum Gasteiger partial charge on any atom is 0.317 e. The molecule has 1 saturated carbocycles. The Morgan fingerprint density at radius 1 is 1.62 bits per heavy atom. The molecule has 0 saturated heterocycles. The first-order valence-corrected chi connectivity index (χ1v) is 5.84. The highest BCUT2D eigenvalue weighted by Gasteiger charge is 2.21. The van der Waals surface area contributed by atoms with Gasteiger partial charge in [-0.15, -0.1) is 0 Å². The molecule has 5 heteroatoms. The minimum Gasteiger partial charge on any atom is -0.394 e. The van der Waals surface area contributed by atoms with E-state index >= 15 is 0 Å². The Morgan fingerprint density at radius 3 is 2.88 bits per heavy atom. The van der Waals surface area contributed by atoms with Gasteiger partial charge in [-0.1, -0.05) is 0 Å². The van der Waals surface area contributed by atoms with Crippen LogP contribution in [0.1, 0.15) is 19.8 Å². The Morgan fingerprint density at radius 2 is 2.31 bits per heavy atom. The number of amides is 2. The van der Waals surface area contributed by atoms with Crippen LogP contribution in [-0.4, -0.2) is 55.5 Å². The monoisotopic (exact) mass is 230 g/mol. The first-order valence-electron chi connectivity index (χ1n) is 5.84. The molecule has 1 rings (SSSR count). The lowest BCUT2D eigenvalue weighted by Crippen LogP contribution is -2.44. The van der Waals surface area contributed by atoms with E-state index in [2.05, 4.69) is 5.32 Å². The highest BCUT2D eigenvalue weighted by atomic mass is 16.5. The topological polar surface area (TPSA) is 61.8 Å². The second kappa shape index (κ2) is 6.70. The Labute approximate surface area is 96.8 Å². The van der Waals surface area contributed by atoms with Crippen LogP contribution in [0.4, 0.5) is 4.79 Å². The fourth-order valence-corrected chi connectivity index (χ4v) is 1.21. The van der Waals surface area contributed by atoms with Crippen molar-refractivity contribution in [3.05, 3.63) is 0 Å². The second-order valence-electron chi connectivity index (χ2n) is 4.39. The molecule has 0 aromatic heterocycles. The summed E-state index contributed by atoms with van der Waals surface area (Å²) in [6, 6.07) is -0.330. The van der Waals surface area contributed by atoms with Crippen molar-refractivity contribution >= 4 is 6.03 Å². The quantitative estimate of drug-likeness (QED) is 0.624. The third-order valence-corrected chi connectivity index (χ3v) is 2.82. The standard InChI is InChI=1S/C11H22N2O3/c1-9(7-14)13(2)11(15)12-5-6-16-8-10-3-4-10/h9-10,14H,3-8H2,1-2H3,(H,12,15). The molecule has 0 aromatic carbocycles. The maximum absolute atomic E-state index is 11.5. The minimum atomic E-state index is -0.170. The number of carbonyl (C=O) groups excluding carboxylic acids is 1. The van der Waals surface area contributed by atoms with Crippen LogP contribution in [0.2, 0.25) is 0 Å². The van der Waals surface area contributed by atoms with E-state index in [-0.39, 0.29) is 18.7 Å². The van der Waals surface area contributed by atoms with E-state index in [1.54, 1.807) is 14.0 Å². The minimum absolute atomic E-state index is 0.0257. The van der Waals surface area contributed by atoms with Gasteiger partial charge in [0.2, 0.25) is 0 Å². The first-order chi connectivity index (χ1) is 7.65. The van der Waals surface area contributed by atoms with Crippen molar-refractivity contribution in [3.63, 3.8) is 0 Å². The SMILES string of the molecule is CC(CO)N(C)C(=O)NCCOCC1CC1. The number of ether oxygens (including phenoxy) is 1. The van der Waals surface area contributed by atoms with Crippen LogP contribution in [0.5, 0.6) is 0 Å². The molecule has 1 atom stereocenters. The molecular weight excluding hydrogens is 208 g/mol. The molecule has 0 radical (unpaired) electrons. The van der Waals surface area contributed by atoms with Crippen LogP contribution in [-0.2, 0) is 4.74 Å². The fraction of sp³-hybridized carbons (Fsp3) is 0.909. The van der Waals surface area contributed by atoms with Crippen molar-refractivity contribution in [1.82, 2.24) is 10.2 Å². The van der Waals surface area contributed by atoms with Crippen LogP contribution >= 0.6 is 0 Å². The summed E-state index contributed by atoms with van der Waals surface area (Å²) in [6.07, 6.45) is 2.56. The zero-order chi connectivity index (χ0) is 12.0. The predicted octanol–water partition coefficient (Wildman–Crippen LogP) is 0.435. The zero-order valence-corrected chi connectivity index (χ0v) is 10.1. The van der Waals surface area contributed by atoms with Crippen LogP contribution in [0.15, 0.2) is 0 Å². The Kier molecular flexibility index (Phi) is 5.55. The normalized spacial score (nSPS) is 16.9. The van der Waals surface area contributed by atoms with Crippen molar-refractivity contribution in [2.45, 2.75) is 25.8 Å². The van der Waals surface area contributed by atoms with Crippen molar-refractivity contribution < 1.29 is 14.6 Å². The molecule has 94 valence electrons. The van der Waals surface area contributed by atoms with E-state index in [9.17, 15) is 4.79 Å². The number of aliphatic hydroxyl groups is 1. The smallest absolute Gasteiger partial charge is 0.317 e. The molecule has 16 heavy (non-hydrogen) atoms. The highest BCUT2D eigenvalue weighted by Crippen LogP contribution is 2.28. The number of urea groups is 1. The fourth-order valence-electron chi connectivity index (χ4n) is 1.21. The average molecular weight is 230 g/mol. The summed E-state index contributed by atoms with van der Waals surface area (Å²) in [6.45, 7) is 3.67. The van der Waals surface area contributed by atoms with Crippen molar-refractivity contribution in [3.8, 4) is 0 Å². The molecule has 0 bridgehead atoms. The lowest BCUT2D eigenvalue weighted by Gasteiger charge is -2.23. The van der Waals surface area contributed by atoms with E-state index in [0.717, 1.165) is 12.5 Å². The van der Waals surface area contributed by atoms with E-state index < -0.39 is 0 Å². The summed E-state index contributed by atoms with van der Waals surface area (Å²) < 4.78 is 5.39. The van der Waals surface area contributed by atoms with Gasteiger partial charge < -0.3 is 20.1 Å². The van der Waals surface area contributed by atoms with Gasteiger partial charge in [-0.05, 0) is 25.7 Å². The molecule has 0 aliphatic heterocycles. The molecule has 2 N–H and O–H groups in total. The summed E-state index contributed by atoms with van der Waals surface area (Å²) in [5.41, 5.74) is 0. The number of aliphatic hydroxyl groups excluding tert-OH is 1. The molecule has 0 aromatic rings. The molecule has 1 unspecified atom stereocenters. The van der Waals surface area contributed by atoms with Gasteiger partial charge in [0.05, 0.1) is 19.3 Å². The van der Waals surface area contributed by atoms with Gasteiger partial charge in [-0.25, -0.2) is 4.79 Å². The number of likely N-dealkylation sites (N-methyl/N-ethyl adjacent to an activating group) is 1. The van der Waals surface area contributed by atoms with E-state index in [1.807, 2.05) is 0 Å². The number of nitrogens with one attached hydrogen (secondary N) is 1. The maximum atomic E-state index is 11.5. The Balaban J connectivity index is 1.99. The third kappa shape index (κ3) is 4.81. The molecule has 1 fully saturated rings. The van der Waals surface area contributed by atoms with Crippen molar-refractivity contribution in [2.75, 3.05) is 33.4 Å². The van der Waals surface area contributed by atoms with Gasteiger partial charge in [0.25, 0.3) is 0 Å². The molecule has 1 aliphatic rings. The molecule has 1 aliphatic carbocycles. The summed E-state index contributed by atoms with van der Waals surface area (Å²) >= 11 is 0. The summed E-state index contributed by atoms with van der Waals surface area (Å²) in [4.78, 5) is 13.0. The van der Waals surface area contributed by atoms with E-state index in [4.69, 9.17) is 9.84 Å². The predicted molar refractivity (Wildman–Crippen MR) is 61.3 cm³/mol. The van der Waals surface area contributed by atoms with Crippen molar-refractivity contribution in [1.29, 1.82) is 0 Å². The summed E-state index contributed by atoms with van der Waals surface area (Å²) in [5.74, 6) is 0.757. The van der Waals surface area contributed by atoms with Gasteiger partial charge in [0.1, 0.15) is 0 Å². The lowest BCUT2D eigenvalue weighted by atomic mass is 10.3. The van der Waals surface area contributed by atoms with Crippen LogP contribution in [0.3, 0.4) is 0 Å². The lowest BCUT2D eigenvalue weighted by molar-refractivity contribution is 0.121. The van der Waals surface area contributed by atoms with Crippen LogP contribution < -0.4 is 5.32 Å². The molecule has 0 spiro atoms. The van der Waals surface area contributed by atoms with Crippen LogP contribution in [0.25, 0.3) is 0 Å². The van der Waals surface area contributed by atoms with Gasteiger partial charge in [0, 0.05) is 20.2 Å². The second-order valence-corrected chi connectivity index (χ2v) is 4.39. The number of rotatable bonds is 7. The number of nitrogens with zero attached hydrogens (tertiary/aromatic N) is 1. The molecule has 0 heterocycles.